The maximum atomic E-state index is 11.0. The highest BCUT2D eigenvalue weighted by Gasteiger charge is 2.11. The monoisotopic (exact) mass is 323 g/mol. The maximum absolute atomic E-state index is 11.0. The van der Waals surface area contributed by atoms with E-state index >= 15 is 0 Å². The number of nitrogens with zero attached hydrogens (tertiary/aromatic N) is 1. The van der Waals surface area contributed by atoms with Crippen LogP contribution in [0, 0.1) is 0 Å². The predicted octanol–water partition coefficient (Wildman–Crippen LogP) is 3.98. The Balaban J connectivity index is 1.79. The molecule has 0 spiro atoms. The topological polar surface area (TPSA) is 49.8 Å². The number of ether oxygens (including phenoxy) is 1. The fourth-order valence-electron chi connectivity index (χ4n) is 2.96. The number of carbonyl (C=O) groups excluding carboxylic acids is 1. The van der Waals surface area contributed by atoms with E-state index in [0.717, 1.165) is 24.2 Å². The van der Waals surface area contributed by atoms with E-state index in [-0.39, 0.29) is 11.3 Å². The summed E-state index contributed by atoms with van der Waals surface area (Å²) in [6.07, 6.45) is 7.04. The number of phenols is 1. The van der Waals surface area contributed by atoms with Crippen molar-refractivity contribution in [2.24, 2.45) is 0 Å². The molecule has 0 unspecified atom stereocenters. The molecule has 24 heavy (non-hydrogen) atoms. The molecule has 0 amide bonds. The quantitative estimate of drug-likeness (QED) is 0.668. The number of aromatic hydroxyl groups is 1. The Bertz CT molecular complexity index is 744. The van der Waals surface area contributed by atoms with Gasteiger partial charge < -0.3 is 14.7 Å². The van der Waals surface area contributed by atoms with Crippen LogP contribution in [0.25, 0.3) is 12.2 Å². The summed E-state index contributed by atoms with van der Waals surface area (Å²) in [6, 6.07) is 11.8. The minimum atomic E-state index is -0.125. The van der Waals surface area contributed by atoms with Crippen LogP contribution >= 0.6 is 0 Å². The second kappa shape index (κ2) is 7.21. The first-order valence-electron chi connectivity index (χ1n) is 8.10. The molecule has 1 saturated heterocycles. The Morgan fingerprint density at radius 2 is 1.71 bits per heavy atom. The van der Waals surface area contributed by atoms with Crippen molar-refractivity contribution in [1.29, 1.82) is 0 Å². The molecule has 0 aromatic heterocycles. The van der Waals surface area contributed by atoms with Gasteiger partial charge in [0.05, 0.1) is 12.7 Å². The molecule has 0 radical (unpaired) electrons. The third-order valence-electron chi connectivity index (χ3n) is 4.31. The minimum absolute atomic E-state index is 0.125. The Labute approximate surface area is 142 Å². The lowest BCUT2D eigenvalue weighted by Crippen LogP contribution is -2.17. The van der Waals surface area contributed by atoms with Crippen molar-refractivity contribution < 1.29 is 14.6 Å². The molecule has 4 heteroatoms. The number of aldehydes is 1. The molecule has 2 aromatic rings. The van der Waals surface area contributed by atoms with Crippen LogP contribution in [0.2, 0.25) is 0 Å². The fraction of sp³-hybridized carbons (Fsp3) is 0.250. The zero-order valence-electron chi connectivity index (χ0n) is 13.7. The third-order valence-corrected chi connectivity index (χ3v) is 4.31. The Hall–Kier alpha value is -2.75. The van der Waals surface area contributed by atoms with Crippen molar-refractivity contribution in [3.8, 4) is 11.5 Å². The van der Waals surface area contributed by atoms with Crippen LogP contribution in [0.1, 0.15) is 34.3 Å². The molecule has 1 heterocycles. The van der Waals surface area contributed by atoms with Crippen molar-refractivity contribution in [2.75, 3.05) is 25.1 Å². The highest BCUT2D eigenvalue weighted by atomic mass is 16.5. The standard InChI is InChI=1S/C20H21NO3/c1-24-19-13-16(12-17(14-22)20(19)23)5-4-15-6-8-18(9-7-15)21-10-2-3-11-21/h4-9,12-14,23H,2-3,10-11H2,1H3/b5-4-. The molecule has 0 bridgehead atoms. The number of carbonyl (C=O) groups is 1. The van der Waals surface area contributed by atoms with Crippen LogP contribution in [0.15, 0.2) is 36.4 Å². The average Bonchev–Trinajstić information content (AvgIpc) is 3.16. The van der Waals surface area contributed by atoms with Crippen LogP contribution in [0.4, 0.5) is 5.69 Å². The van der Waals surface area contributed by atoms with Crippen LogP contribution in [0.5, 0.6) is 11.5 Å². The van der Waals surface area contributed by atoms with Gasteiger partial charge in [-0.15, -0.1) is 0 Å². The number of anilines is 1. The van der Waals surface area contributed by atoms with Gasteiger partial charge in [0.25, 0.3) is 0 Å². The first-order valence-corrected chi connectivity index (χ1v) is 8.10. The molecule has 2 aromatic carbocycles. The molecular weight excluding hydrogens is 302 g/mol. The zero-order valence-corrected chi connectivity index (χ0v) is 13.7. The number of phenolic OH excluding ortho intramolecular Hbond substituents is 1. The number of hydrogen-bond acceptors (Lipinski definition) is 4. The van der Waals surface area contributed by atoms with E-state index in [4.69, 9.17) is 4.74 Å². The van der Waals surface area contributed by atoms with E-state index in [2.05, 4.69) is 29.2 Å². The van der Waals surface area contributed by atoms with Crippen molar-refractivity contribution in [3.63, 3.8) is 0 Å². The highest BCUT2D eigenvalue weighted by Crippen LogP contribution is 2.31. The third kappa shape index (κ3) is 3.43. The highest BCUT2D eigenvalue weighted by molar-refractivity contribution is 5.84. The summed E-state index contributed by atoms with van der Waals surface area (Å²) in [4.78, 5) is 13.4. The lowest BCUT2D eigenvalue weighted by Gasteiger charge is -2.17. The van der Waals surface area contributed by atoms with Gasteiger partial charge in [-0.2, -0.15) is 0 Å². The van der Waals surface area contributed by atoms with Crippen LogP contribution in [0.3, 0.4) is 0 Å². The van der Waals surface area contributed by atoms with E-state index in [1.165, 1.54) is 25.6 Å². The molecule has 1 aliphatic rings. The number of rotatable bonds is 5. The first kappa shape index (κ1) is 16.1. The van der Waals surface area contributed by atoms with E-state index in [1.54, 1.807) is 12.1 Å². The normalized spacial score (nSPS) is 14.3. The zero-order chi connectivity index (χ0) is 16.9. The molecule has 1 N–H and O–H groups in total. The minimum Gasteiger partial charge on any atom is -0.504 e. The summed E-state index contributed by atoms with van der Waals surface area (Å²) in [5, 5.41) is 9.85. The Morgan fingerprint density at radius 3 is 2.33 bits per heavy atom. The number of hydrogen-bond donors (Lipinski definition) is 1. The summed E-state index contributed by atoms with van der Waals surface area (Å²) in [5.41, 5.74) is 3.37. The van der Waals surface area contributed by atoms with Gasteiger partial charge in [0, 0.05) is 18.8 Å². The maximum Gasteiger partial charge on any atom is 0.168 e. The van der Waals surface area contributed by atoms with E-state index in [9.17, 15) is 9.90 Å². The van der Waals surface area contributed by atoms with Gasteiger partial charge >= 0.3 is 0 Å². The van der Waals surface area contributed by atoms with Gasteiger partial charge in [0.15, 0.2) is 17.8 Å². The summed E-state index contributed by atoms with van der Waals surface area (Å²) in [7, 11) is 1.47. The summed E-state index contributed by atoms with van der Waals surface area (Å²) in [6.45, 7) is 2.27. The second-order valence-electron chi connectivity index (χ2n) is 5.90. The van der Waals surface area contributed by atoms with E-state index < -0.39 is 0 Å². The molecule has 0 atom stereocenters. The number of methoxy groups -OCH3 is 1. The van der Waals surface area contributed by atoms with Crippen molar-refractivity contribution in [1.82, 2.24) is 0 Å². The van der Waals surface area contributed by atoms with Crippen molar-refractivity contribution >= 4 is 24.1 Å². The molecule has 0 aliphatic carbocycles. The SMILES string of the molecule is COc1cc(/C=C\c2ccc(N3CCCC3)cc2)cc(C=O)c1O. The molecule has 124 valence electrons. The molecule has 3 rings (SSSR count). The van der Waals surface area contributed by atoms with Crippen LogP contribution in [-0.2, 0) is 0 Å². The Morgan fingerprint density at radius 1 is 1.04 bits per heavy atom. The molecule has 1 aliphatic heterocycles. The van der Waals surface area contributed by atoms with Crippen LogP contribution in [-0.4, -0.2) is 31.6 Å². The van der Waals surface area contributed by atoms with E-state index in [0.29, 0.717) is 12.0 Å². The average molecular weight is 323 g/mol. The lowest BCUT2D eigenvalue weighted by atomic mass is 10.1. The van der Waals surface area contributed by atoms with Crippen LogP contribution < -0.4 is 9.64 Å². The molecule has 0 saturated carbocycles. The smallest absolute Gasteiger partial charge is 0.168 e. The predicted molar refractivity (Wildman–Crippen MR) is 96.9 cm³/mol. The van der Waals surface area contributed by atoms with Gasteiger partial charge in [0.1, 0.15) is 0 Å². The summed E-state index contributed by atoms with van der Waals surface area (Å²) in [5.74, 6) is 0.170. The molecule has 1 fully saturated rings. The number of benzene rings is 2. The van der Waals surface area contributed by atoms with Gasteiger partial charge in [-0.05, 0) is 48.2 Å². The molecular formula is C20H21NO3. The first-order chi connectivity index (χ1) is 11.7. The molecule has 4 nitrogen and oxygen atoms in total. The van der Waals surface area contributed by atoms with Gasteiger partial charge in [-0.1, -0.05) is 24.3 Å². The van der Waals surface area contributed by atoms with Crippen molar-refractivity contribution in [3.05, 3.63) is 53.1 Å². The summed E-state index contributed by atoms with van der Waals surface area (Å²) < 4.78 is 5.10. The van der Waals surface area contributed by atoms with Gasteiger partial charge in [-0.3, -0.25) is 4.79 Å². The Kier molecular flexibility index (Phi) is 4.85. The largest absolute Gasteiger partial charge is 0.504 e. The lowest BCUT2D eigenvalue weighted by molar-refractivity contribution is 0.112. The van der Waals surface area contributed by atoms with Crippen molar-refractivity contribution in [2.45, 2.75) is 12.8 Å². The van der Waals surface area contributed by atoms with E-state index in [1.807, 2.05) is 12.2 Å². The van der Waals surface area contributed by atoms with Gasteiger partial charge in [0.2, 0.25) is 0 Å². The second-order valence-corrected chi connectivity index (χ2v) is 5.90. The van der Waals surface area contributed by atoms with Gasteiger partial charge in [-0.25, -0.2) is 0 Å². The summed E-state index contributed by atoms with van der Waals surface area (Å²) >= 11 is 0. The fourth-order valence-corrected chi connectivity index (χ4v) is 2.96.